The van der Waals surface area contributed by atoms with Gasteiger partial charge in [-0.1, -0.05) is 17.6 Å². The van der Waals surface area contributed by atoms with Crippen LogP contribution in [0.5, 0.6) is 0 Å². The van der Waals surface area contributed by atoms with Crippen LogP contribution in [0.3, 0.4) is 0 Å². The Labute approximate surface area is 246 Å². The minimum absolute atomic E-state index is 0.0370. The molecule has 3 amide bonds. The van der Waals surface area contributed by atoms with Crippen LogP contribution in [0.1, 0.15) is 52.2 Å². The van der Waals surface area contributed by atoms with Gasteiger partial charge in [-0.25, -0.2) is 9.48 Å². The van der Waals surface area contributed by atoms with Crippen LogP contribution in [-0.4, -0.2) is 63.0 Å². The summed E-state index contributed by atoms with van der Waals surface area (Å²) < 4.78 is 38.3. The number of aromatic nitrogens is 3. The first-order valence-corrected chi connectivity index (χ1v) is 13.5. The Morgan fingerprint density at radius 2 is 1.68 bits per heavy atom. The van der Waals surface area contributed by atoms with E-state index in [9.17, 15) is 27.6 Å². The van der Waals surface area contributed by atoms with Gasteiger partial charge in [0.1, 0.15) is 5.69 Å². The third-order valence-corrected chi connectivity index (χ3v) is 7.24. The molecule has 1 fully saturated rings. The second kappa shape index (κ2) is 11.7. The Morgan fingerprint density at radius 1 is 0.955 bits per heavy atom. The topological polar surface area (TPSA) is 191 Å². The lowest BCUT2D eigenvalue weighted by Crippen LogP contribution is -2.32. The van der Waals surface area contributed by atoms with Gasteiger partial charge in [0.05, 0.1) is 11.1 Å². The number of hydrogen-bond acceptors (Lipinski definition) is 8. The molecule has 4 aromatic rings. The molecule has 0 aliphatic carbocycles. The molecular weight excluding hydrogens is 587 g/mol. The molecule has 0 saturated carbocycles. The van der Waals surface area contributed by atoms with Crippen LogP contribution < -0.4 is 21.3 Å². The molecule has 2 aromatic heterocycles. The molecule has 13 nitrogen and oxygen atoms in total. The first kappa shape index (κ1) is 30.1. The number of benzene rings is 2. The molecule has 4 heterocycles. The fourth-order valence-electron chi connectivity index (χ4n) is 5.07. The summed E-state index contributed by atoms with van der Waals surface area (Å²) >= 11 is 0. The number of amides is 3. The Kier molecular flexibility index (Phi) is 7.99. The van der Waals surface area contributed by atoms with E-state index >= 15 is 0 Å². The molecule has 2 aromatic carbocycles. The van der Waals surface area contributed by atoms with Crippen molar-refractivity contribution in [3.05, 3.63) is 59.4 Å². The number of nitrogens with two attached hydrogens (primary N) is 2. The molecule has 2 aliphatic heterocycles. The third-order valence-electron chi connectivity index (χ3n) is 7.24. The maximum Gasteiger partial charge on any atom is 0.490 e. The fourth-order valence-corrected chi connectivity index (χ4v) is 5.07. The average molecular weight is 614 g/mol. The first-order valence-electron chi connectivity index (χ1n) is 13.5. The van der Waals surface area contributed by atoms with Crippen LogP contribution >= 0.6 is 0 Å². The number of nitrogen functional groups attached to an aromatic ring is 1. The predicted molar refractivity (Wildman–Crippen MR) is 150 cm³/mol. The van der Waals surface area contributed by atoms with Gasteiger partial charge < -0.3 is 30.9 Å². The SMILES string of the molecule is NC(=O)c1cc(C(=O)N2CCc3ccc(N4CCCCCC4=O)cc32)n(-c2ccc3onc(N)c3c2)n1.O=C(O)C(F)(F)F. The standard InChI is InChI=1S/C26H25N7O4.C2HF3O2/c27-24-18-12-17(7-8-22(18)37-30-24)33-21(14-19(29-33)25(28)35)26(36)32-11-9-15-5-6-16(13-20(15)32)31-10-3-1-2-4-23(31)34;3-2(4,5)1(6)7/h5-8,12-14H,1-4,9-11H2,(H2,27,30)(H2,28,35);(H,6,7). The molecule has 230 valence electrons. The van der Waals surface area contributed by atoms with E-state index in [1.54, 1.807) is 23.1 Å². The summed E-state index contributed by atoms with van der Waals surface area (Å²) in [6, 6.07) is 12.3. The van der Waals surface area contributed by atoms with Crippen molar-refractivity contribution in [3.63, 3.8) is 0 Å². The van der Waals surface area contributed by atoms with Crippen molar-refractivity contribution in [3.8, 4) is 5.69 Å². The van der Waals surface area contributed by atoms with Crippen molar-refractivity contribution < 1.29 is 42.0 Å². The number of hydrogen-bond donors (Lipinski definition) is 3. The molecule has 16 heteroatoms. The fraction of sp³-hybridized carbons (Fsp3) is 0.286. The average Bonchev–Trinajstić information content (AvgIpc) is 3.67. The number of anilines is 3. The molecule has 0 radical (unpaired) electrons. The Morgan fingerprint density at radius 3 is 2.39 bits per heavy atom. The summed E-state index contributed by atoms with van der Waals surface area (Å²) in [4.78, 5) is 50.9. The molecule has 0 atom stereocenters. The molecule has 2 aliphatic rings. The Bertz CT molecular complexity index is 1780. The highest BCUT2D eigenvalue weighted by Crippen LogP contribution is 2.35. The van der Waals surface area contributed by atoms with Crippen molar-refractivity contribution >= 4 is 51.9 Å². The minimum atomic E-state index is -5.08. The number of fused-ring (bicyclic) bond motifs is 2. The highest BCUT2D eigenvalue weighted by Gasteiger charge is 2.38. The van der Waals surface area contributed by atoms with Gasteiger partial charge in [-0.15, -0.1) is 0 Å². The smallest absolute Gasteiger partial charge is 0.475 e. The second-order valence-corrected chi connectivity index (χ2v) is 10.1. The van der Waals surface area contributed by atoms with Gasteiger partial charge in [0.25, 0.3) is 11.8 Å². The zero-order valence-corrected chi connectivity index (χ0v) is 23.0. The Hall–Kier alpha value is -5.41. The number of rotatable bonds is 4. The van der Waals surface area contributed by atoms with Gasteiger partial charge in [-0.2, -0.15) is 18.3 Å². The summed E-state index contributed by atoms with van der Waals surface area (Å²) in [6.07, 6.45) is -1.02. The molecule has 0 spiro atoms. The van der Waals surface area contributed by atoms with E-state index in [1.165, 1.54) is 10.7 Å². The van der Waals surface area contributed by atoms with E-state index in [0.29, 0.717) is 42.6 Å². The first-order chi connectivity index (χ1) is 20.8. The summed E-state index contributed by atoms with van der Waals surface area (Å²) in [5.41, 5.74) is 15.1. The highest BCUT2D eigenvalue weighted by molar-refractivity contribution is 6.08. The van der Waals surface area contributed by atoms with Crippen LogP contribution in [-0.2, 0) is 16.0 Å². The number of halogens is 3. The lowest BCUT2D eigenvalue weighted by molar-refractivity contribution is -0.192. The quantitative estimate of drug-likeness (QED) is 0.309. The maximum absolute atomic E-state index is 13.9. The monoisotopic (exact) mass is 613 g/mol. The van der Waals surface area contributed by atoms with Gasteiger partial charge in [-0.05, 0) is 55.2 Å². The molecule has 0 unspecified atom stereocenters. The van der Waals surface area contributed by atoms with Crippen molar-refractivity contribution in [2.24, 2.45) is 5.73 Å². The summed E-state index contributed by atoms with van der Waals surface area (Å²) in [5.74, 6) is -3.54. The van der Waals surface area contributed by atoms with Crippen LogP contribution in [0.2, 0.25) is 0 Å². The van der Waals surface area contributed by atoms with Gasteiger partial charge in [-0.3, -0.25) is 14.4 Å². The highest BCUT2D eigenvalue weighted by atomic mass is 19.4. The number of alkyl halides is 3. The third kappa shape index (κ3) is 5.91. The molecular formula is C28H26F3N7O6. The maximum atomic E-state index is 13.9. The number of carboxylic acid groups (broad SMARTS) is 1. The van der Waals surface area contributed by atoms with Crippen LogP contribution in [0.25, 0.3) is 16.7 Å². The summed E-state index contributed by atoms with van der Waals surface area (Å²) in [6.45, 7) is 1.12. The van der Waals surface area contributed by atoms with Gasteiger partial charge in [0, 0.05) is 37.0 Å². The molecule has 5 N–H and O–H groups in total. The normalized spacial score (nSPS) is 15.0. The lowest BCUT2D eigenvalue weighted by Gasteiger charge is -2.23. The van der Waals surface area contributed by atoms with E-state index in [4.69, 9.17) is 25.9 Å². The lowest BCUT2D eigenvalue weighted by atomic mass is 10.1. The van der Waals surface area contributed by atoms with E-state index in [2.05, 4.69) is 10.3 Å². The summed E-state index contributed by atoms with van der Waals surface area (Å²) in [7, 11) is 0. The molecule has 0 bridgehead atoms. The number of carbonyl (C=O) groups excluding carboxylic acids is 3. The number of aliphatic carboxylic acids is 1. The van der Waals surface area contributed by atoms with Gasteiger partial charge in [0.15, 0.2) is 17.1 Å². The summed E-state index contributed by atoms with van der Waals surface area (Å²) in [5, 5.41) is 15.8. The Balaban J connectivity index is 0.000000493. The molecule has 1 saturated heterocycles. The van der Waals surface area contributed by atoms with Crippen LogP contribution in [0.4, 0.5) is 30.4 Å². The van der Waals surface area contributed by atoms with Crippen molar-refractivity contribution in [1.82, 2.24) is 14.9 Å². The predicted octanol–water partition coefficient (Wildman–Crippen LogP) is 3.44. The number of carboxylic acids is 1. The number of primary amides is 1. The van der Waals surface area contributed by atoms with Gasteiger partial charge >= 0.3 is 12.1 Å². The number of carbonyl (C=O) groups is 4. The van der Waals surface area contributed by atoms with Crippen LogP contribution in [0, 0.1) is 0 Å². The molecule has 44 heavy (non-hydrogen) atoms. The van der Waals surface area contributed by atoms with E-state index in [0.717, 1.165) is 36.2 Å². The number of nitrogens with zero attached hydrogens (tertiary/aromatic N) is 5. The zero-order valence-electron chi connectivity index (χ0n) is 23.0. The van der Waals surface area contributed by atoms with Crippen LogP contribution in [0.15, 0.2) is 47.0 Å². The minimum Gasteiger partial charge on any atom is -0.475 e. The van der Waals surface area contributed by atoms with E-state index < -0.39 is 18.1 Å². The van der Waals surface area contributed by atoms with Crippen molar-refractivity contribution in [1.29, 1.82) is 0 Å². The largest absolute Gasteiger partial charge is 0.490 e. The van der Waals surface area contributed by atoms with Crippen molar-refractivity contribution in [2.45, 2.75) is 38.3 Å². The van der Waals surface area contributed by atoms with Crippen molar-refractivity contribution in [2.75, 3.05) is 28.6 Å². The zero-order chi connectivity index (χ0) is 31.8. The van der Waals surface area contributed by atoms with E-state index in [1.807, 2.05) is 23.1 Å². The molecule has 6 rings (SSSR count). The van der Waals surface area contributed by atoms with Gasteiger partial charge in [0.2, 0.25) is 5.91 Å². The second-order valence-electron chi connectivity index (χ2n) is 10.1. The van der Waals surface area contributed by atoms with E-state index in [-0.39, 0.29) is 29.0 Å².